The monoisotopic (exact) mass is 248 g/mol. The maximum atomic E-state index is 12.7. The van der Waals surface area contributed by atoms with E-state index in [1.54, 1.807) is 19.2 Å². The summed E-state index contributed by atoms with van der Waals surface area (Å²) in [7, 11) is 1.79. The van der Waals surface area contributed by atoms with Gasteiger partial charge in [-0.1, -0.05) is 0 Å². The molecule has 5 heteroatoms. The first-order chi connectivity index (χ1) is 8.69. The lowest BCUT2D eigenvalue weighted by molar-refractivity contribution is 0.0995. The van der Waals surface area contributed by atoms with Crippen molar-refractivity contribution in [2.45, 2.75) is 6.54 Å². The Morgan fingerprint density at radius 2 is 1.94 bits per heavy atom. The summed E-state index contributed by atoms with van der Waals surface area (Å²) < 4.78 is 18.0. The number of amides is 1. The normalized spacial score (nSPS) is 10.3. The zero-order valence-electron chi connectivity index (χ0n) is 9.87. The number of anilines is 1. The third-order valence-corrected chi connectivity index (χ3v) is 2.34. The second kappa shape index (κ2) is 5.46. The van der Waals surface area contributed by atoms with Crippen LogP contribution in [0.15, 0.2) is 40.8 Å². The van der Waals surface area contributed by atoms with Gasteiger partial charge in [0.15, 0.2) is 5.76 Å². The third-order valence-electron chi connectivity index (χ3n) is 2.34. The van der Waals surface area contributed by atoms with Crippen LogP contribution in [0.4, 0.5) is 10.1 Å². The van der Waals surface area contributed by atoms with E-state index in [9.17, 15) is 9.18 Å². The van der Waals surface area contributed by atoms with Gasteiger partial charge in [-0.15, -0.1) is 0 Å². The second-order valence-electron chi connectivity index (χ2n) is 3.76. The number of carbonyl (C=O) groups is 1. The van der Waals surface area contributed by atoms with Crippen LogP contribution in [0.5, 0.6) is 0 Å². The number of carbonyl (C=O) groups excluding carboxylic acids is 1. The van der Waals surface area contributed by atoms with Gasteiger partial charge in [0.25, 0.3) is 5.91 Å². The molecule has 0 spiro atoms. The fourth-order valence-electron chi connectivity index (χ4n) is 1.50. The van der Waals surface area contributed by atoms with Crippen molar-refractivity contribution >= 4 is 11.6 Å². The lowest BCUT2D eigenvalue weighted by Crippen LogP contribution is -2.11. The number of benzene rings is 1. The molecule has 1 aromatic carbocycles. The van der Waals surface area contributed by atoms with Gasteiger partial charge in [-0.2, -0.15) is 0 Å². The van der Waals surface area contributed by atoms with E-state index in [-0.39, 0.29) is 17.5 Å². The smallest absolute Gasteiger partial charge is 0.291 e. The Hall–Kier alpha value is -2.14. The minimum atomic E-state index is -0.357. The number of nitrogens with one attached hydrogen (secondary N) is 2. The third kappa shape index (κ3) is 2.95. The summed E-state index contributed by atoms with van der Waals surface area (Å²) in [5, 5.41) is 5.55. The molecule has 1 amide bonds. The molecule has 2 rings (SSSR count). The highest BCUT2D eigenvalue weighted by atomic mass is 19.1. The topological polar surface area (TPSA) is 54.3 Å². The van der Waals surface area contributed by atoms with Gasteiger partial charge in [0.2, 0.25) is 0 Å². The van der Waals surface area contributed by atoms with Crippen molar-refractivity contribution < 1.29 is 13.6 Å². The molecule has 18 heavy (non-hydrogen) atoms. The van der Waals surface area contributed by atoms with Crippen molar-refractivity contribution in [1.82, 2.24) is 5.32 Å². The predicted octanol–water partition coefficient (Wildman–Crippen LogP) is 2.39. The Kier molecular flexibility index (Phi) is 3.74. The van der Waals surface area contributed by atoms with Crippen molar-refractivity contribution in [2.75, 3.05) is 12.4 Å². The zero-order chi connectivity index (χ0) is 13.0. The summed E-state index contributed by atoms with van der Waals surface area (Å²) in [4.78, 5) is 11.8. The van der Waals surface area contributed by atoms with Crippen LogP contribution in [0, 0.1) is 5.82 Å². The molecule has 0 atom stereocenters. The molecule has 0 radical (unpaired) electrons. The molecular formula is C13H13FN2O2. The summed E-state index contributed by atoms with van der Waals surface area (Å²) in [6.07, 6.45) is 0. The maximum Gasteiger partial charge on any atom is 0.291 e. The predicted molar refractivity (Wildman–Crippen MR) is 65.8 cm³/mol. The van der Waals surface area contributed by atoms with Gasteiger partial charge in [-0.05, 0) is 43.4 Å². The van der Waals surface area contributed by atoms with Gasteiger partial charge >= 0.3 is 0 Å². The Morgan fingerprint density at radius 1 is 1.22 bits per heavy atom. The molecule has 94 valence electrons. The number of halogens is 1. The molecule has 0 aliphatic rings. The van der Waals surface area contributed by atoms with Crippen molar-refractivity contribution in [3.8, 4) is 0 Å². The number of rotatable bonds is 4. The molecule has 2 aromatic rings. The fourth-order valence-corrected chi connectivity index (χ4v) is 1.50. The first kappa shape index (κ1) is 12.3. The first-order valence-corrected chi connectivity index (χ1v) is 5.49. The van der Waals surface area contributed by atoms with Crippen LogP contribution in [-0.4, -0.2) is 13.0 Å². The van der Waals surface area contributed by atoms with Crippen molar-refractivity contribution in [3.05, 3.63) is 53.7 Å². The average Bonchev–Trinajstić information content (AvgIpc) is 2.81. The van der Waals surface area contributed by atoms with E-state index in [0.717, 1.165) is 0 Å². The molecule has 0 bridgehead atoms. The molecule has 0 unspecified atom stereocenters. The zero-order valence-corrected chi connectivity index (χ0v) is 9.87. The summed E-state index contributed by atoms with van der Waals surface area (Å²) in [5.74, 6) is 0.206. The van der Waals surface area contributed by atoms with Gasteiger partial charge < -0.3 is 15.1 Å². The number of furan rings is 1. The van der Waals surface area contributed by atoms with E-state index in [4.69, 9.17) is 4.42 Å². The molecular weight excluding hydrogens is 235 g/mol. The summed E-state index contributed by atoms with van der Waals surface area (Å²) >= 11 is 0. The van der Waals surface area contributed by atoms with E-state index in [1.165, 1.54) is 24.3 Å². The average molecular weight is 248 g/mol. The lowest BCUT2D eigenvalue weighted by Gasteiger charge is -2.02. The van der Waals surface area contributed by atoms with Crippen molar-refractivity contribution in [2.24, 2.45) is 0 Å². The van der Waals surface area contributed by atoms with Crippen molar-refractivity contribution in [1.29, 1.82) is 0 Å². The van der Waals surface area contributed by atoms with E-state index >= 15 is 0 Å². The first-order valence-electron chi connectivity index (χ1n) is 5.49. The fraction of sp³-hybridized carbons (Fsp3) is 0.154. The molecule has 1 aromatic heterocycles. The standard InChI is InChI=1S/C13H13FN2O2/c1-15-8-11-6-7-12(18-11)13(17)16-10-4-2-9(14)3-5-10/h2-7,15H,8H2,1H3,(H,16,17). The highest BCUT2D eigenvalue weighted by Crippen LogP contribution is 2.12. The Balaban J connectivity index is 2.04. The van der Waals surface area contributed by atoms with Crippen LogP contribution in [0.2, 0.25) is 0 Å². The van der Waals surface area contributed by atoms with Crippen LogP contribution in [0.3, 0.4) is 0 Å². The lowest BCUT2D eigenvalue weighted by atomic mass is 10.3. The van der Waals surface area contributed by atoms with Crippen LogP contribution in [0.1, 0.15) is 16.3 Å². The highest BCUT2D eigenvalue weighted by Gasteiger charge is 2.11. The van der Waals surface area contributed by atoms with E-state index in [0.29, 0.717) is 18.0 Å². The summed E-state index contributed by atoms with van der Waals surface area (Å²) in [6.45, 7) is 0.559. The molecule has 0 aliphatic heterocycles. The SMILES string of the molecule is CNCc1ccc(C(=O)Nc2ccc(F)cc2)o1. The quantitative estimate of drug-likeness (QED) is 0.873. The minimum Gasteiger partial charge on any atom is -0.455 e. The minimum absolute atomic E-state index is 0.226. The van der Waals surface area contributed by atoms with Gasteiger partial charge in [0.05, 0.1) is 6.54 Å². The highest BCUT2D eigenvalue weighted by molar-refractivity contribution is 6.02. The van der Waals surface area contributed by atoms with Gasteiger partial charge in [-0.25, -0.2) is 4.39 Å². The molecule has 0 saturated heterocycles. The Labute approximate surface area is 104 Å². The van der Waals surface area contributed by atoms with Gasteiger partial charge in [0.1, 0.15) is 11.6 Å². The van der Waals surface area contributed by atoms with E-state index in [1.807, 2.05) is 0 Å². The van der Waals surface area contributed by atoms with Gasteiger partial charge in [-0.3, -0.25) is 4.79 Å². The molecule has 0 aliphatic carbocycles. The summed E-state index contributed by atoms with van der Waals surface area (Å²) in [5.41, 5.74) is 0.521. The maximum absolute atomic E-state index is 12.7. The van der Waals surface area contributed by atoms with Crippen LogP contribution >= 0.6 is 0 Å². The Morgan fingerprint density at radius 3 is 2.61 bits per heavy atom. The number of hydrogen-bond donors (Lipinski definition) is 2. The van der Waals surface area contributed by atoms with E-state index in [2.05, 4.69) is 10.6 Å². The van der Waals surface area contributed by atoms with Gasteiger partial charge in [0, 0.05) is 5.69 Å². The van der Waals surface area contributed by atoms with E-state index < -0.39 is 0 Å². The number of hydrogen-bond acceptors (Lipinski definition) is 3. The van der Waals surface area contributed by atoms with Crippen LogP contribution in [-0.2, 0) is 6.54 Å². The van der Waals surface area contributed by atoms with Crippen LogP contribution in [0.25, 0.3) is 0 Å². The molecule has 2 N–H and O–H groups in total. The van der Waals surface area contributed by atoms with Crippen LogP contribution < -0.4 is 10.6 Å². The molecule has 1 heterocycles. The summed E-state index contributed by atoms with van der Waals surface area (Å²) in [6, 6.07) is 8.88. The largest absolute Gasteiger partial charge is 0.455 e. The molecule has 0 fully saturated rings. The molecule has 4 nitrogen and oxygen atoms in total. The molecule has 0 saturated carbocycles. The Bertz CT molecular complexity index is 534. The second-order valence-corrected chi connectivity index (χ2v) is 3.76. The van der Waals surface area contributed by atoms with Crippen molar-refractivity contribution in [3.63, 3.8) is 0 Å².